The Morgan fingerprint density at radius 2 is 1.64 bits per heavy atom. The molecule has 7 heteroatoms. The monoisotopic (exact) mass is 386 g/mol. The SMILES string of the molecule is COCCNC(=O)c1ccccc1NC(=O)CCCOc1ccc(OC)cc1. The lowest BCUT2D eigenvalue weighted by Crippen LogP contribution is -2.28. The predicted octanol–water partition coefficient (Wildman–Crippen LogP) is 2.87. The number of amides is 2. The number of para-hydroxylation sites is 1. The van der Waals surface area contributed by atoms with E-state index in [1.165, 1.54) is 0 Å². The Hall–Kier alpha value is -3.06. The summed E-state index contributed by atoms with van der Waals surface area (Å²) in [6, 6.07) is 14.2. The third kappa shape index (κ3) is 6.92. The van der Waals surface area contributed by atoms with Crippen molar-refractivity contribution in [3.05, 3.63) is 54.1 Å². The van der Waals surface area contributed by atoms with Gasteiger partial charge in [-0.2, -0.15) is 0 Å². The van der Waals surface area contributed by atoms with Crippen molar-refractivity contribution in [1.29, 1.82) is 0 Å². The van der Waals surface area contributed by atoms with Gasteiger partial charge in [-0.25, -0.2) is 0 Å². The van der Waals surface area contributed by atoms with E-state index in [4.69, 9.17) is 14.2 Å². The van der Waals surface area contributed by atoms with Crippen molar-refractivity contribution in [1.82, 2.24) is 5.32 Å². The maximum Gasteiger partial charge on any atom is 0.253 e. The highest BCUT2D eigenvalue weighted by molar-refractivity contribution is 6.03. The Balaban J connectivity index is 1.78. The van der Waals surface area contributed by atoms with E-state index >= 15 is 0 Å². The molecule has 0 aliphatic heterocycles. The van der Waals surface area contributed by atoms with E-state index in [0.717, 1.165) is 11.5 Å². The molecule has 0 unspecified atom stereocenters. The first-order valence-electron chi connectivity index (χ1n) is 9.07. The third-order valence-electron chi connectivity index (χ3n) is 3.91. The Kier molecular flexibility index (Phi) is 8.81. The lowest BCUT2D eigenvalue weighted by atomic mass is 10.1. The minimum atomic E-state index is -0.254. The fourth-order valence-electron chi connectivity index (χ4n) is 2.46. The van der Waals surface area contributed by atoms with Crippen molar-refractivity contribution in [2.45, 2.75) is 12.8 Å². The molecule has 2 aromatic carbocycles. The van der Waals surface area contributed by atoms with E-state index in [1.807, 2.05) is 24.3 Å². The number of hydrogen-bond donors (Lipinski definition) is 2. The molecule has 2 rings (SSSR count). The molecule has 28 heavy (non-hydrogen) atoms. The van der Waals surface area contributed by atoms with Gasteiger partial charge >= 0.3 is 0 Å². The summed E-state index contributed by atoms with van der Waals surface area (Å²) in [7, 11) is 3.18. The summed E-state index contributed by atoms with van der Waals surface area (Å²) in [6.45, 7) is 1.24. The third-order valence-corrected chi connectivity index (χ3v) is 3.91. The van der Waals surface area contributed by atoms with Crippen LogP contribution in [0.3, 0.4) is 0 Å². The number of nitrogens with one attached hydrogen (secondary N) is 2. The summed E-state index contributed by atoms with van der Waals surface area (Å²) in [4.78, 5) is 24.4. The normalized spacial score (nSPS) is 10.2. The molecule has 2 amide bonds. The molecule has 0 aliphatic rings. The van der Waals surface area contributed by atoms with Crippen LogP contribution < -0.4 is 20.1 Å². The summed E-state index contributed by atoms with van der Waals surface area (Å²) in [5.41, 5.74) is 0.903. The molecular formula is C21H26N2O5. The topological polar surface area (TPSA) is 85.9 Å². The molecule has 0 radical (unpaired) electrons. The number of benzene rings is 2. The first-order chi connectivity index (χ1) is 13.6. The van der Waals surface area contributed by atoms with Crippen LogP contribution in [0, 0.1) is 0 Å². The van der Waals surface area contributed by atoms with Gasteiger partial charge in [0, 0.05) is 20.1 Å². The summed E-state index contributed by atoms with van der Waals surface area (Å²) in [5.74, 6) is 1.06. The molecule has 0 heterocycles. The van der Waals surface area contributed by atoms with Crippen molar-refractivity contribution in [2.75, 3.05) is 39.3 Å². The second-order valence-electron chi connectivity index (χ2n) is 5.97. The van der Waals surface area contributed by atoms with Crippen LogP contribution in [0.1, 0.15) is 23.2 Å². The molecule has 0 saturated heterocycles. The summed E-state index contributed by atoms with van der Waals surface area (Å²) in [6.07, 6.45) is 0.843. The maximum absolute atomic E-state index is 12.2. The Morgan fingerprint density at radius 1 is 0.929 bits per heavy atom. The summed E-state index contributed by atoms with van der Waals surface area (Å²) >= 11 is 0. The molecule has 0 fully saturated rings. The zero-order chi connectivity index (χ0) is 20.2. The molecule has 0 saturated carbocycles. The largest absolute Gasteiger partial charge is 0.497 e. The van der Waals surface area contributed by atoms with E-state index in [1.54, 1.807) is 38.5 Å². The number of rotatable bonds is 11. The lowest BCUT2D eigenvalue weighted by Gasteiger charge is -2.11. The highest BCUT2D eigenvalue weighted by atomic mass is 16.5. The summed E-state index contributed by atoms with van der Waals surface area (Å²) in [5, 5.41) is 5.54. The number of carbonyl (C=O) groups is 2. The lowest BCUT2D eigenvalue weighted by molar-refractivity contribution is -0.116. The molecule has 0 aliphatic carbocycles. The fourth-order valence-corrected chi connectivity index (χ4v) is 2.46. The van der Waals surface area contributed by atoms with Crippen molar-refractivity contribution < 1.29 is 23.8 Å². The second-order valence-corrected chi connectivity index (χ2v) is 5.97. The van der Waals surface area contributed by atoms with Crippen LogP contribution in [0.4, 0.5) is 5.69 Å². The van der Waals surface area contributed by atoms with Crippen LogP contribution >= 0.6 is 0 Å². The quantitative estimate of drug-likeness (QED) is 0.580. The van der Waals surface area contributed by atoms with Crippen molar-refractivity contribution >= 4 is 17.5 Å². The van der Waals surface area contributed by atoms with Gasteiger partial charge in [0.25, 0.3) is 5.91 Å². The number of anilines is 1. The molecule has 150 valence electrons. The standard InChI is InChI=1S/C21H26N2O5/c1-26-15-13-22-21(25)18-6-3-4-7-19(18)23-20(24)8-5-14-28-17-11-9-16(27-2)10-12-17/h3-4,6-7,9-12H,5,8,13-15H2,1-2H3,(H,22,25)(H,23,24). The van der Waals surface area contributed by atoms with Gasteiger partial charge in [-0.05, 0) is 42.8 Å². The van der Waals surface area contributed by atoms with E-state index in [-0.39, 0.29) is 18.2 Å². The van der Waals surface area contributed by atoms with Crippen LogP contribution in [-0.4, -0.2) is 45.8 Å². The Labute approximate surface area is 165 Å². The summed E-state index contributed by atoms with van der Waals surface area (Å²) < 4.78 is 15.6. The van der Waals surface area contributed by atoms with E-state index in [2.05, 4.69) is 10.6 Å². The van der Waals surface area contributed by atoms with Gasteiger partial charge in [0.2, 0.25) is 5.91 Å². The van der Waals surface area contributed by atoms with Gasteiger partial charge in [0.15, 0.2) is 0 Å². The minimum absolute atomic E-state index is 0.171. The van der Waals surface area contributed by atoms with Crippen LogP contribution in [0.5, 0.6) is 11.5 Å². The number of ether oxygens (including phenoxy) is 3. The fraction of sp³-hybridized carbons (Fsp3) is 0.333. The molecule has 0 atom stereocenters. The maximum atomic E-state index is 12.2. The molecule has 0 spiro atoms. The van der Waals surface area contributed by atoms with Crippen molar-refractivity contribution in [3.8, 4) is 11.5 Å². The Bertz CT molecular complexity index is 762. The van der Waals surface area contributed by atoms with Gasteiger partial charge in [-0.3, -0.25) is 9.59 Å². The molecule has 0 aromatic heterocycles. The van der Waals surface area contributed by atoms with E-state index in [0.29, 0.717) is 37.4 Å². The minimum Gasteiger partial charge on any atom is -0.497 e. The molecule has 0 bridgehead atoms. The average molecular weight is 386 g/mol. The van der Waals surface area contributed by atoms with Crippen LogP contribution in [0.15, 0.2) is 48.5 Å². The second kappa shape index (κ2) is 11.6. The van der Waals surface area contributed by atoms with Crippen molar-refractivity contribution in [3.63, 3.8) is 0 Å². The predicted molar refractivity (Wildman–Crippen MR) is 107 cm³/mol. The van der Waals surface area contributed by atoms with Crippen LogP contribution in [0.2, 0.25) is 0 Å². The first-order valence-corrected chi connectivity index (χ1v) is 9.07. The molecular weight excluding hydrogens is 360 g/mol. The Morgan fingerprint density at radius 3 is 2.36 bits per heavy atom. The molecule has 2 aromatic rings. The van der Waals surface area contributed by atoms with Crippen molar-refractivity contribution in [2.24, 2.45) is 0 Å². The number of methoxy groups -OCH3 is 2. The van der Waals surface area contributed by atoms with E-state index in [9.17, 15) is 9.59 Å². The van der Waals surface area contributed by atoms with Gasteiger partial charge in [0.1, 0.15) is 11.5 Å². The highest BCUT2D eigenvalue weighted by Crippen LogP contribution is 2.18. The zero-order valence-corrected chi connectivity index (χ0v) is 16.2. The first kappa shape index (κ1) is 21.2. The van der Waals surface area contributed by atoms with Crippen LogP contribution in [-0.2, 0) is 9.53 Å². The van der Waals surface area contributed by atoms with Gasteiger partial charge in [-0.1, -0.05) is 12.1 Å². The van der Waals surface area contributed by atoms with Gasteiger partial charge in [-0.15, -0.1) is 0 Å². The smallest absolute Gasteiger partial charge is 0.253 e. The highest BCUT2D eigenvalue weighted by Gasteiger charge is 2.12. The molecule has 2 N–H and O–H groups in total. The van der Waals surface area contributed by atoms with Gasteiger partial charge < -0.3 is 24.8 Å². The average Bonchev–Trinajstić information content (AvgIpc) is 2.72. The van der Waals surface area contributed by atoms with Crippen LogP contribution in [0.25, 0.3) is 0 Å². The zero-order valence-electron chi connectivity index (χ0n) is 16.2. The number of carbonyl (C=O) groups excluding carboxylic acids is 2. The van der Waals surface area contributed by atoms with E-state index < -0.39 is 0 Å². The number of hydrogen-bond acceptors (Lipinski definition) is 5. The molecule has 7 nitrogen and oxygen atoms in total. The van der Waals surface area contributed by atoms with Gasteiger partial charge in [0.05, 0.1) is 31.6 Å².